The van der Waals surface area contributed by atoms with Crippen LogP contribution in [0.4, 0.5) is 0 Å². The van der Waals surface area contributed by atoms with Crippen molar-refractivity contribution in [2.24, 2.45) is 11.7 Å². The van der Waals surface area contributed by atoms with E-state index in [0.717, 1.165) is 6.92 Å². The van der Waals surface area contributed by atoms with Gasteiger partial charge in [0.15, 0.2) is 0 Å². The van der Waals surface area contributed by atoms with Crippen LogP contribution in [-0.2, 0) is 38.4 Å². The van der Waals surface area contributed by atoms with Gasteiger partial charge in [0, 0.05) is 0 Å². The molecule has 6 amide bonds. The van der Waals surface area contributed by atoms with Crippen LogP contribution in [0.25, 0.3) is 0 Å². The van der Waals surface area contributed by atoms with E-state index in [1.165, 1.54) is 13.8 Å². The molecule has 0 heterocycles. The van der Waals surface area contributed by atoms with Crippen molar-refractivity contribution in [3.05, 3.63) is 0 Å². The number of nitrogens with one attached hydrogen (secondary N) is 6. The van der Waals surface area contributed by atoms with E-state index in [-0.39, 0.29) is 12.3 Å². The molecule has 8 atom stereocenters. The molecular weight excluding hydrogens is 618 g/mol. The Morgan fingerprint density at radius 1 is 0.587 bits per heavy atom. The van der Waals surface area contributed by atoms with Crippen molar-refractivity contribution in [2.45, 2.75) is 95.9 Å². The summed E-state index contributed by atoms with van der Waals surface area (Å²) in [6.07, 6.45) is -2.68. The fourth-order valence-electron chi connectivity index (χ4n) is 3.64. The Balaban J connectivity index is 5.84. The third-order valence-electron chi connectivity index (χ3n) is 6.19. The minimum atomic E-state index is -1.83. The van der Waals surface area contributed by atoms with Crippen molar-refractivity contribution in [3.8, 4) is 0 Å². The zero-order valence-electron chi connectivity index (χ0n) is 26.1. The Bertz CT molecular complexity index is 1120. The van der Waals surface area contributed by atoms with Gasteiger partial charge in [0.1, 0.15) is 36.3 Å². The maximum atomic E-state index is 13.2. The lowest BCUT2D eigenvalue weighted by Crippen LogP contribution is -2.62. The van der Waals surface area contributed by atoms with Gasteiger partial charge in [-0.05, 0) is 33.1 Å². The topological polar surface area (TPSA) is 336 Å². The lowest BCUT2D eigenvalue weighted by molar-refractivity contribution is -0.144. The van der Waals surface area contributed by atoms with Crippen LogP contribution in [0.2, 0.25) is 0 Å². The Hall–Kier alpha value is -4.40. The van der Waals surface area contributed by atoms with E-state index in [4.69, 9.17) is 15.9 Å². The lowest BCUT2D eigenvalue weighted by atomic mass is 10.0. The summed E-state index contributed by atoms with van der Waals surface area (Å²) in [5.74, 6) is -9.56. The quantitative estimate of drug-likeness (QED) is 0.0577. The number of aliphatic hydroxyl groups excluding tert-OH is 3. The Labute approximate surface area is 264 Å². The van der Waals surface area contributed by atoms with Gasteiger partial charge in [-0.2, -0.15) is 0 Å². The van der Waals surface area contributed by atoms with Crippen molar-refractivity contribution in [3.63, 3.8) is 0 Å². The molecule has 0 radical (unpaired) electrons. The van der Waals surface area contributed by atoms with Crippen LogP contribution < -0.4 is 37.6 Å². The van der Waals surface area contributed by atoms with Crippen molar-refractivity contribution < 1.29 is 63.9 Å². The number of hydrogen-bond acceptors (Lipinski definition) is 12. The third-order valence-corrected chi connectivity index (χ3v) is 6.19. The molecule has 0 aromatic heterocycles. The van der Waals surface area contributed by atoms with E-state index in [2.05, 4.69) is 26.6 Å². The molecule has 0 rings (SSSR count). The summed E-state index contributed by atoms with van der Waals surface area (Å²) >= 11 is 0. The van der Waals surface area contributed by atoms with Gasteiger partial charge in [0.2, 0.25) is 35.4 Å². The number of aliphatic carboxylic acids is 2. The molecule has 0 aliphatic rings. The first-order valence-corrected chi connectivity index (χ1v) is 14.2. The van der Waals surface area contributed by atoms with Gasteiger partial charge < -0.3 is 63.2 Å². The molecule has 0 bridgehead atoms. The summed E-state index contributed by atoms with van der Waals surface area (Å²) in [4.78, 5) is 98.4. The van der Waals surface area contributed by atoms with E-state index in [9.17, 15) is 53.7 Å². The van der Waals surface area contributed by atoms with Crippen LogP contribution in [0, 0.1) is 5.92 Å². The standard InChI is InChI=1S/C26H45N7O13/c1-10(2)6-14(22(41)29-15(7-18(37)38)23(42)32-17(9-35)26(45)46)30-25(44)19(13(5)36)33-24(43)16(8-34)31-21(40)12(4)28-20(39)11(3)27/h10-17,19,34-36H,6-9,27H2,1-5H3,(H,28,39)(H,29,41)(H,30,44)(H,31,40)(H,32,42)(H,33,43)(H,37,38)(H,45,46)/t11-,12-,13+,14-,15-,16-,17-,19-/m0/s1. The summed E-state index contributed by atoms with van der Waals surface area (Å²) in [5, 5.41) is 60.3. The molecule has 0 saturated carbocycles. The van der Waals surface area contributed by atoms with E-state index in [1.807, 2.05) is 5.32 Å². The fraction of sp³-hybridized carbons (Fsp3) is 0.692. The second-order valence-corrected chi connectivity index (χ2v) is 10.9. The van der Waals surface area contributed by atoms with E-state index in [0.29, 0.717) is 0 Å². The van der Waals surface area contributed by atoms with E-state index >= 15 is 0 Å². The normalized spacial score (nSPS) is 16.2. The maximum absolute atomic E-state index is 13.2. The molecule has 46 heavy (non-hydrogen) atoms. The van der Waals surface area contributed by atoms with Crippen LogP contribution in [-0.4, -0.2) is 135 Å². The molecule has 0 aliphatic carbocycles. The summed E-state index contributed by atoms with van der Waals surface area (Å²) in [6, 6.07) is -10.6. The van der Waals surface area contributed by atoms with Crippen molar-refractivity contribution in [1.29, 1.82) is 0 Å². The van der Waals surface area contributed by atoms with Gasteiger partial charge in [-0.15, -0.1) is 0 Å². The monoisotopic (exact) mass is 663 g/mol. The maximum Gasteiger partial charge on any atom is 0.328 e. The van der Waals surface area contributed by atoms with Gasteiger partial charge in [-0.3, -0.25) is 33.6 Å². The van der Waals surface area contributed by atoms with Gasteiger partial charge in [0.25, 0.3) is 0 Å². The largest absolute Gasteiger partial charge is 0.481 e. The number of carboxylic acids is 2. The second kappa shape index (κ2) is 19.9. The molecular formula is C26H45N7O13. The summed E-state index contributed by atoms with van der Waals surface area (Å²) < 4.78 is 0. The average molecular weight is 664 g/mol. The Morgan fingerprint density at radius 2 is 1.04 bits per heavy atom. The number of aliphatic hydroxyl groups is 3. The van der Waals surface area contributed by atoms with Crippen LogP contribution in [0.1, 0.15) is 47.5 Å². The first kappa shape index (κ1) is 41.6. The number of rotatable bonds is 20. The zero-order chi connectivity index (χ0) is 35.9. The van der Waals surface area contributed by atoms with E-state index < -0.39 is 115 Å². The van der Waals surface area contributed by atoms with E-state index in [1.54, 1.807) is 13.8 Å². The highest BCUT2D eigenvalue weighted by Crippen LogP contribution is 2.08. The van der Waals surface area contributed by atoms with Gasteiger partial charge in [0.05, 0.1) is 31.8 Å². The highest BCUT2D eigenvalue weighted by Gasteiger charge is 2.35. The van der Waals surface area contributed by atoms with Crippen molar-refractivity contribution >= 4 is 47.4 Å². The van der Waals surface area contributed by atoms with Gasteiger partial charge >= 0.3 is 11.9 Å². The summed E-state index contributed by atoms with van der Waals surface area (Å²) in [7, 11) is 0. The minimum Gasteiger partial charge on any atom is -0.481 e. The summed E-state index contributed by atoms with van der Waals surface area (Å²) in [5.41, 5.74) is 5.44. The second-order valence-electron chi connectivity index (χ2n) is 10.9. The smallest absolute Gasteiger partial charge is 0.328 e. The molecule has 262 valence electrons. The highest BCUT2D eigenvalue weighted by molar-refractivity contribution is 5.97. The lowest BCUT2D eigenvalue weighted by Gasteiger charge is -2.28. The number of carboxylic acid groups (broad SMARTS) is 2. The Kier molecular flexibility index (Phi) is 18.0. The molecule has 20 nitrogen and oxygen atoms in total. The minimum absolute atomic E-state index is 0.0891. The molecule has 20 heteroatoms. The number of hydrogen-bond donors (Lipinski definition) is 12. The number of carbonyl (C=O) groups excluding carboxylic acids is 6. The predicted molar refractivity (Wildman–Crippen MR) is 156 cm³/mol. The summed E-state index contributed by atoms with van der Waals surface area (Å²) in [6.45, 7) is 5.12. The fourth-order valence-corrected chi connectivity index (χ4v) is 3.64. The molecule has 13 N–H and O–H groups in total. The molecule has 0 aliphatic heterocycles. The molecule has 0 saturated heterocycles. The first-order chi connectivity index (χ1) is 21.2. The molecule has 0 aromatic rings. The number of nitrogens with two attached hydrogens (primary N) is 1. The van der Waals surface area contributed by atoms with Crippen LogP contribution >= 0.6 is 0 Å². The van der Waals surface area contributed by atoms with Gasteiger partial charge in [-0.25, -0.2) is 4.79 Å². The third kappa shape index (κ3) is 14.6. The Morgan fingerprint density at radius 3 is 1.48 bits per heavy atom. The first-order valence-electron chi connectivity index (χ1n) is 14.2. The molecule has 0 unspecified atom stereocenters. The SMILES string of the molecule is CC(C)C[C@H](NC(=O)[C@@H](NC(=O)[C@H](CO)NC(=O)[C@H](C)NC(=O)[C@H](C)N)[C@@H](C)O)C(=O)N[C@@H](CC(=O)O)C(=O)N[C@@H](CO)C(=O)O. The van der Waals surface area contributed by atoms with Crippen molar-refractivity contribution in [2.75, 3.05) is 13.2 Å². The number of amides is 6. The highest BCUT2D eigenvalue weighted by atomic mass is 16.4. The number of carbonyl (C=O) groups is 8. The van der Waals surface area contributed by atoms with Crippen LogP contribution in [0.15, 0.2) is 0 Å². The zero-order valence-corrected chi connectivity index (χ0v) is 26.1. The van der Waals surface area contributed by atoms with Crippen LogP contribution in [0.3, 0.4) is 0 Å². The molecule has 0 fully saturated rings. The molecule has 0 spiro atoms. The predicted octanol–water partition coefficient (Wildman–Crippen LogP) is -5.77. The van der Waals surface area contributed by atoms with Crippen LogP contribution in [0.5, 0.6) is 0 Å². The van der Waals surface area contributed by atoms with Crippen molar-refractivity contribution in [1.82, 2.24) is 31.9 Å². The average Bonchev–Trinajstić information content (AvgIpc) is 2.94. The molecule has 0 aromatic carbocycles. The van der Waals surface area contributed by atoms with Gasteiger partial charge in [-0.1, -0.05) is 13.8 Å².